The second kappa shape index (κ2) is 31.7. The Hall–Kier alpha value is -3.54. The molecule has 0 saturated carbocycles. The fraction of sp³-hybridized carbons (Fsp3) is 0.700. The number of unbranched alkanes of at least 4 members (excludes halogenated alkanes) is 18. The molecule has 1 aromatic carbocycles. The van der Waals surface area contributed by atoms with Gasteiger partial charge in [-0.3, -0.25) is 14.4 Å². The van der Waals surface area contributed by atoms with E-state index in [1.807, 2.05) is 30.3 Å². The van der Waals surface area contributed by atoms with Gasteiger partial charge in [-0.25, -0.2) is 10.1 Å². The SMILES string of the molecule is CCCCCCCCCCCCNC(=O)CC[C@H](NC(=O)C#CNC(=O)OCc1ccccc1)C(=O)NCCCCCCCCCCCC. The summed E-state index contributed by atoms with van der Waals surface area (Å²) in [6.45, 7) is 5.65. The second-order valence-corrected chi connectivity index (χ2v) is 13.0. The topological polar surface area (TPSA) is 126 Å². The Morgan fingerprint density at radius 2 is 1.14 bits per heavy atom. The molecule has 0 saturated heterocycles. The summed E-state index contributed by atoms with van der Waals surface area (Å²) in [5, 5.41) is 10.7. The van der Waals surface area contributed by atoms with Crippen LogP contribution in [0.4, 0.5) is 4.79 Å². The molecule has 276 valence electrons. The molecule has 1 atom stereocenters. The van der Waals surface area contributed by atoms with E-state index in [1.165, 1.54) is 96.3 Å². The number of benzene rings is 1. The van der Waals surface area contributed by atoms with Gasteiger partial charge in [0.05, 0.1) is 0 Å². The van der Waals surface area contributed by atoms with Gasteiger partial charge < -0.3 is 20.7 Å². The van der Waals surface area contributed by atoms with Gasteiger partial charge >= 0.3 is 6.09 Å². The lowest BCUT2D eigenvalue weighted by Crippen LogP contribution is -2.47. The van der Waals surface area contributed by atoms with E-state index in [9.17, 15) is 19.2 Å². The van der Waals surface area contributed by atoms with Gasteiger partial charge in [0.2, 0.25) is 11.8 Å². The highest BCUT2D eigenvalue weighted by Gasteiger charge is 2.21. The van der Waals surface area contributed by atoms with Crippen molar-refractivity contribution in [3.8, 4) is 12.0 Å². The third kappa shape index (κ3) is 27.0. The van der Waals surface area contributed by atoms with Gasteiger partial charge in [-0.1, -0.05) is 160 Å². The highest BCUT2D eigenvalue weighted by molar-refractivity contribution is 5.97. The van der Waals surface area contributed by atoms with Crippen LogP contribution >= 0.6 is 0 Å². The van der Waals surface area contributed by atoms with Gasteiger partial charge in [-0.15, -0.1) is 0 Å². The second-order valence-electron chi connectivity index (χ2n) is 13.0. The van der Waals surface area contributed by atoms with Crippen molar-refractivity contribution in [3.05, 3.63) is 35.9 Å². The summed E-state index contributed by atoms with van der Waals surface area (Å²) in [6, 6.07) is 10.6. The molecule has 1 aromatic rings. The Labute approximate surface area is 297 Å². The number of nitrogens with one attached hydrogen (secondary N) is 4. The molecule has 0 radical (unpaired) electrons. The molecule has 4 N–H and O–H groups in total. The van der Waals surface area contributed by atoms with Gasteiger partial charge in [0.15, 0.2) is 0 Å². The van der Waals surface area contributed by atoms with E-state index in [1.54, 1.807) is 0 Å². The molecule has 9 nitrogen and oxygen atoms in total. The first-order valence-electron chi connectivity index (χ1n) is 19.3. The maximum atomic E-state index is 13.0. The van der Waals surface area contributed by atoms with Gasteiger partial charge in [0, 0.05) is 31.5 Å². The van der Waals surface area contributed by atoms with Crippen LogP contribution in [0.2, 0.25) is 0 Å². The number of rotatable bonds is 29. The van der Waals surface area contributed by atoms with Gasteiger partial charge in [-0.05, 0) is 24.8 Å². The zero-order valence-electron chi connectivity index (χ0n) is 30.7. The van der Waals surface area contributed by atoms with Crippen molar-refractivity contribution in [2.24, 2.45) is 0 Å². The Bertz CT molecular complexity index is 1070. The van der Waals surface area contributed by atoms with Crippen LogP contribution in [0.15, 0.2) is 30.3 Å². The van der Waals surface area contributed by atoms with Crippen molar-refractivity contribution in [1.29, 1.82) is 0 Å². The van der Waals surface area contributed by atoms with Crippen molar-refractivity contribution in [2.75, 3.05) is 13.1 Å². The average molecular weight is 683 g/mol. The largest absolute Gasteiger partial charge is 0.444 e. The number of amides is 4. The number of alkyl carbamates (subject to hydrolysis) is 1. The molecule has 0 aliphatic carbocycles. The van der Waals surface area contributed by atoms with E-state index >= 15 is 0 Å². The predicted molar refractivity (Wildman–Crippen MR) is 198 cm³/mol. The minimum absolute atomic E-state index is 0.0725. The minimum atomic E-state index is -0.918. The van der Waals surface area contributed by atoms with E-state index in [2.05, 4.69) is 47.1 Å². The van der Waals surface area contributed by atoms with Crippen molar-refractivity contribution >= 4 is 23.8 Å². The zero-order valence-corrected chi connectivity index (χ0v) is 30.7. The van der Waals surface area contributed by atoms with E-state index in [4.69, 9.17) is 4.74 Å². The summed E-state index contributed by atoms with van der Waals surface area (Å²) in [6.07, 6.45) is 23.8. The highest BCUT2D eigenvalue weighted by atomic mass is 16.5. The number of carbonyl (C=O) groups excluding carboxylic acids is 4. The van der Waals surface area contributed by atoms with E-state index in [-0.39, 0.29) is 31.3 Å². The molecule has 0 heterocycles. The van der Waals surface area contributed by atoms with E-state index < -0.39 is 18.0 Å². The lowest BCUT2D eigenvalue weighted by molar-refractivity contribution is -0.127. The van der Waals surface area contributed by atoms with Crippen LogP contribution in [0.5, 0.6) is 0 Å². The lowest BCUT2D eigenvalue weighted by atomic mass is 10.1. The molecule has 0 fully saturated rings. The quantitative estimate of drug-likeness (QED) is 0.0385. The van der Waals surface area contributed by atoms with Crippen LogP contribution < -0.4 is 21.3 Å². The number of carbonyl (C=O) groups is 4. The first-order valence-corrected chi connectivity index (χ1v) is 19.3. The molecule has 0 aliphatic rings. The molecular formula is C40H66N4O5. The minimum Gasteiger partial charge on any atom is -0.444 e. The van der Waals surface area contributed by atoms with E-state index in [0.717, 1.165) is 37.7 Å². The highest BCUT2D eigenvalue weighted by Crippen LogP contribution is 2.11. The number of hydrogen-bond donors (Lipinski definition) is 4. The van der Waals surface area contributed by atoms with Crippen molar-refractivity contribution in [1.82, 2.24) is 21.3 Å². The van der Waals surface area contributed by atoms with Crippen LogP contribution in [-0.4, -0.2) is 42.9 Å². The predicted octanol–water partition coefficient (Wildman–Crippen LogP) is 8.21. The van der Waals surface area contributed by atoms with Gasteiger partial charge in [-0.2, -0.15) is 0 Å². The van der Waals surface area contributed by atoms with Crippen LogP contribution in [0.3, 0.4) is 0 Å². The van der Waals surface area contributed by atoms with Gasteiger partial charge in [0.1, 0.15) is 12.6 Å². The molecule has 1 rings (SSSR count). The smallest absolute Gasteiger partial charge is 0.419 e. The maximum Gasteiger partial charge on any atom is 0.419 e. The summed E-state index contributed by atoms with van der Waals surface area (Å²) in [7, 11) is 0. The van der Waals surface area contributed by atoms with Crippen molar-refractivity contribution < 1.29 is 23.9 Å². The summed E-state index contributed by atoms with van der Waals surface area (Å²) < 4.78 is 5.09. The first-order chi connectivity index (χ1) is 24.0. The molecule has 0 unspecified atom stereocenters. The summed E-state index contributed by atoms with van der Waals surface area (Å²) in [4.78, 5) is 50.0. The summed E-state index contributed by atoms with van der Waals surface area (Å²) in [5.41, 5.74) is 0.822. The standard InChI is InChI=1S/C40H66N4O5/c1-3-5-7-9-11-13-15-17-19-24-31-41-37(45)29-28-36(39(47)42-32-25-20-18-16-14-12-10-8-6-4-2)44-38(46)30-33-43-40(48)49-34-35-26-22-21-23-27-35/h21-23,26-27,36H,3-20,24-25,28-29,31-32,34H2,1-2H3,(H,41,45)(H,42,47)(H,43,48)(H,44,46)/t36-/m0/s1. The molecule has 0 bridgehead atoms. The van der Waals surface area contributed by atoms with Crippen LogP contribution in [0.25, 0.3) is 0 Å². The van der Waals surface area contributed by atoms with Crippen molar-refractivity contribution in [3.63, 3.8) is 0 Å². The molecule has 4 amide bonds. The Kier molecular flexibility index (Phi) is 28.1. The molecule has 0 spiro atoms. The fourth-order valence-electron chi connectivity index (χ4n) is 5.51. The molecular weight excluding hydrogens is 616 g/mol. The van der Waals surface area contributed by atoms with Crippen molar-refractivity contribution in [2.45, 2.75) is 168 Å². The zero-order chi connectivity index (χ0) is 35.6. The molecule has 49 heavy (non-hydrogen) atoms. The van der Waals surface area contributed by atoms with Gasteiger partial charge in [0.25, 0.3) is 5.91 Å². The van der Waals surface area contributed by atoms with Crippen LogP contribution in [-0.2, 0) is 25.7 Å². The first kappa shape index (κ1) is 43.5. The van der Waals surface area contributed by atoms with Crippen LogP contribution in [0, 0.1) is 12.0 Å². The summed E-state index contributed by atoms with van der Waals surface area (Å²) >= 11 is 0. The summed E-state index contributed by atoms with van der Waals surface area (Å²) in [5.74, 6) is 1.06. The molecule has 9 heteroatoms. The average Bonchev–Trinajstić information content (AvgIpc) is 3.10. The Morgan fingerprint density at radius 1 is 0.653 bits per heavy atom. The normalized spacial score (nSPS) is 11.1. The third-order valence-electron chi connectivity index (χ3n) is 8.52. The maximum absolute atomic E-state index is 13.0. The fourth-order valence-corrected chi connectivity index (χ4v) is 5.51. The monoisotopic (exact) mass is 683 g/mol. The Balaban J connectivity index is 2.43. The number of ether oxygens (including phenoxy) is 1. The molecule has 0 aliphatic heterocycles. The third-order valence-corrected chi connectivity index (χ3v) is 8.52. The number of hydrogen-bond acceptors (Lipinski definition) is 5. The van der Waals surface area contributed by atoms with Crippen LogP contribution in [0.1, 0.15) is 161 Å². The lowest BCUT2D eigenvalue weighted by Gasteiger charge is -2.17. The molecule has 0 aromatic heterocycles. The van der Waals surface area contributed by atoms with E-state index in [0.29, 0.717) is 13.1 Å². The Morgan fingerprint density at radius 3 is 1.67 bits per heavy atom.